The third-order valence-corrected chi connectivity index (χ3v) is 8.99. The molecule has 0 spiro atoms. The number of ether oxygens (including phenoxy) is 1. The maximum absolute atomic E-state index is 13.6. The molecule has 4 rings (SSSR count). The lowest BCUT2D eigenvalue weighted by molar-refractivity contribution is 0.414. The van der Waals surface area contributed by atoms with Crippen LogP contribution in [0.2, 0.25) is 0 Å². The quantitative estimate of drug-likeness (QED) is 0.233. The van der Waals surface area contributed by atoms with E-state index in [0.29, 0.717) is 11.3 Å². The van der Waals surface area contributed by atoms with Crippen molar-refractivity contribution in [2.45, 2.75) is 29.3 Å². The summed E-state index contributed by atoms with van der Waals surface area (Å²) in [6.07, 6.45) is 0. The van der Waals surface area contributed by atoms with Crippen molar-refractivity contribution in [3.8, 4) is 17.7 Å². The maximum Gasteiger partial charge on any atom is 0.271 e. The van der Waals surface area contributed by atoms with Gasteiger partial charge in [0.15, 0.2) is 0 Å². The zero-order valence-corrected chi connectivity index (χ0v) is 23.1. The molecule has 9 heteroatoms. The monoisotopic (exact) mass is 560 g/mol. The first kappa shape index (κ1) is 27.9. The van der Waals surface area contributed by atoms with Gasteiger partial charge >= 0.3 is 0 Å². The minimum Gasteiger partial charge on any atom is -0.497 e. The molecule has 0 saturated heterocycles. The lowest BCUT2D eigenvalue weighted by Crippen LogP contribution is -2.29. The Kier molecular flexibility index (Phi) is 8.72. The van der Waals surface area contributed by atoms with Crippen molar-refractivity contribution in [3.05, 3.63) is 126 Å². The van der Waals surface area contributed by atoms with Crippen molar-refractivity contribution < 1.29 is 21.6 Å². The Bertz CT molecular complexity index is 1660. The summed E-state index contributed by atoms with van der Waals surface area (Å²) in [5, 5.41) is 0. The number of hydrogen-bond donors (Lipinski definition) is 1. The highest BCUT2D eigenvalue weighted by Gasteiger charge is 2.24. The minimum absolute atomic E-state index is 0.0171. The van der Waals surface area contributed by atoms with Gasteiger partial charge < -0.3 is 4.74 Å². The van der Waals surface area contributed by atoms with Gasteiger partial charge in [-0.05, 0) is 54.4 Å². The van der Waals surface area contributed by atoms with Gasteiger partial charge in [-0.2, -0.15) is 4.72 Å². The van der Waals surface area contributed by atoms with Crippen molar-refractivity contribution in [2.24, 2.45) is 0 Å². The van der Waals surface area contributed by atoms with Gasteiger partial charge in [0.05, 0.1) is 23.4 Å². The van der Waals surface area contributed by atoms with Crippen LogP contribution < -0.4 is 9.46 Å². The molecular weight excluding hydrogens is 532 g/mol. The van der Waals surface area contributed by atoms with Crippen molar-refractivity contribution in [1.29, 1.82) is 0 Å². The summed E-state index contributed by atoms with van der Waals surface area (Å²) in [7, 11) is -6.54. The van der Waals surface area contributed by atoms with Crippen molar-refractivity contribution in [3.63, 3.8) is 0 Å². The molecule has 4 aromatic carbocycles. The molecule has 0 radical (unpaired) electrons. The Hall–Kier alpha value is -4.10. The molecule has 0 aliphatic rings. The van der Waals surface area contributed by atoms with Crippen LogP contribution in [-0.2, 0) is 26.6 Å². The fraction of sp³-hybridized carbons (Fsp3) is 0.133. The largest absolute Gasteiger partial charge is 0.497 e. The van der Waals surface area contributed by atoms with Crippen molar-refractivity contribution in [2.75, 3.05) is 7.11 Å². The molecule has 0 aromatic heterocycles. The molecule has 39 heavy (non-hydrogen) atoms. The molecule has 1 atom stereocenters. The van der Waals surface area contributed by atoms with E-state index in [0.717, 1.165) is 15.4 Å². The second-order valence-corrected chi connectivity index (χ2v) is 12.3. The number of rotatable bonds is 9. The van der Waals surface area contributed by atoms with Crippen LogP contribution in [0, 0.1) is 18.9 Å². The number of benzene rings is 4. The fourth-order valence-electron chi connectivity index (χ4n) is 3.71. The maximum atomic E-state index is 13.6. The average molecular weight is 561 g/mol. The molecule has 200 valence electrons. The van der Waals surface area contributed by atoms with Gasteiger partial charge in [0.1, 0.15) is 11.8 Å². The van der Waals surface area contributed by atoms with E-state index in [2.05, 4.69) is 16.7 Å². The third kappa shape index (κ3) is 7.06. The number of nitrogens with one attached hydrogen (secondary N) is 1. The highest BCUT2D eigenvalue weighted by molar-refractivity contribution is 7.89. The summed E-state index contributed by atoms with van der Waals surface area (Å²) in [5.41, 5.74) is 2.22. The van der Waals surface area contributed by atoms with Crippen LogP contribution in [-0.4, -0.2) is 28.3 Å². The summed E-state index contributed by atoms with van der Waals surface area (Å²) >= 11 is 0. The molecule has 0 amide bonds. The van der Waals surface area contributed by atoms with E-state index in [-0.39, 0.29) is 16.3 Å². The van der Waals surface area contributed by atoms with E-state index in [9.17, 15) is 16.8 Å². The van der Waals surface area contributed by atoms with Gasteiger partial charge in [0.25, 0.3) is 10.0 Å². The first-order valence-electron chi connectivity index (χ1n) is 12.0. The smallest absolute Gasteiger partial charge is 0.271 e. The van der Waals surface area contributed by atoms with Crippen LogP contribution in [0.5, 0.6) is 5.75 Å². The van der Waals surface area contributed by atoms with Crippen LogP contribution >= 0.6 is 0 Å². The Balaban J connectivity index is 1.75. The standard InChI is InChI=1S/C30H28N2O5S2/c1-24-13-17-29(18-14-24)39(35,36)32(23-25-9-5-3-6-10-25)22-21-30(26-11-7-4-8-12-26)31-38(33,34)28-19-15-27(37-2)16-20-28/h3-20,30-31H,23H2,1-2H3. The summed E-state index contributed by atoms with van der Waals surface area (Å²) < 4.78 is 62.6. The van der Waals surface area contributed by atoms with E-state index < -0.39 is 26.1 Å². The molecular formula is C30H28N2O5S2. The average Bonchev–Trinajstić information content (AvgIpc) is 2.95. The first-order chi connectivity index (χ1) is 18.7. The van der Waals surface area contributed by atoms with Gasteiger partial charge in [0.2, 0.25) is 10.0 Å². The predicted molar refractivity (Wildman–Crippen MR) is 151 cm³/mol. The lowest BCUT2D eigenvalue weighted by atomic mass is 10.1. The normalized spacial score (nSPS) is 12.2. The first-order valence-corrected chi connectivity index (χ1v) is 15.0. The number of sulfonamides is 2. The van der Waals surface area contributed by atoms with E-state index in [1.807, 2.05) is 25.1 Å². The van der Waals surface area contributed by atoms with Gasteiger partial charge in [-0.1, -0.05) is 84.3 Å². The highest BCUT2D eigenvalue weighted by Crippen LogP contribution is 2.22. The number of aryl methyl sites for hydroxylation is 1. The molecule has 0 aliphatic heterocycles. The van der Waals surface area contributed by atoms with E-state index in [1.165, 1.54) is 31.4 Å². The molecule has 0 heterocycles. The van der Waals surface area contributed by atoms with E-state index in [1.54, 1.807) is 66.7 Å². The molecule has 0 fully saturated rings. The second-order valence-electron chi connectivity index (χ2n) is 8.71. The molecule has 4 aromatic rings. The van der Waals surface area contributed by atoms with Crippen LogP contribution in [0.15, 0.2) is 119 Å². The summed E-state index contributed by atoms with van der Waals surface area (Å²) in [5.74, 6) is 3.39. The van der Waals surface area contributed by atoms with Crippen LogP contribution in [0.3, 0.4) is 0 Å². The Morgan fingerprint density at radius 3 is 1.92 bits per heavy atom. The van der Waals surface area contributed by atoms with Crippen LogP contribution in [0.4, 0.5) is 0 Å². The second kappa shape index (κ2) is 12.2. The zero-order chi connectivity index (χ0) is 27.9. The van der Waals surface area contributed by atoms with Gasteiger partial charge in [-0.25, -0.2) is 21.1 Å². The van der Waals surface area contributed by atoms with Gasteiger partial charge in [0, 0.05) is 6.04 Å². The van der Waals surface area contributed by atoms with Crippen molar-refractivity contribution in [1.82, 2.24) is 9.03 Å². The predicted octanol–water partition coefficient (Wildman–Crippen LogP) is 4.88. The lowest BCUT2D eigenvalue weighted by Gasteiger charge is -2.19. The Morgan fingerprint density at radius 1 is 0.769 bits per heavy atom. The van der Waals surface area contributed by atoms with Gasteiger partial charge in [-0.15, -0.1) is 0 Å². The Labute approximate surface area is 230 Å². The van der Waals surface area contributed by atoms with E-state index >= 15 is 0 Å². The molecule has 7 nitrogen and oxygen atoms in total. The highest BCUT2D eigenvalue weighted by atomic mass is 32.2. The molecule has 0 saturated carbocycles. The van der Waals surface area contributed by atoms with Crippen LogP contribution in [0.1, 0.15) is 22.7 Å². The number of hydrogen-bond acceptors (Lipinski definition) is 5. The summed E-state index contributed by atoms with van der Waals surface area (Å²) in [6, 6.07) is 32.1. The molecule has 0 bridgehead atoms. The summed E-state index contributed by atoms with van der Waals surface area (Å²) in [4.78, 5) is 0.118. The topological polar surface area (TPSA) is 92.8 Å². The fourth-order valence-corrected chi connectivity index (χ4v) is 6.07. The van der Waals surface area contributed by atoms with Gasteiger partial charge in [-0.3, -0.25) is 0 Å². The summed E-state index contributed by atoms with van der Waals surface area (Å²) in [6.45, 7) is 1.86. The molecule has 1 N–H and O–H groups in total. The number of nitrogens with zero attached hydrogens (tertiary/aromatic N) is 1. The Morgan fingerprint density at radius 2 is 1.33 bits per heavy atom. The zero-order valence-electron chi connectivity index (χ0n) is 21.5. The van der Waals surface area contributed by atoms with Crippen molar-refractivity contribution >= 4 is 20.0 Å². The molecule has 1 unspecified atom stereocenters. The van der Waals surface area contributed by atoms with E-state index in [4.69, 9.17) is 4.74 Å². The third-order valence-electron chi connectivity index (χ3n) is 5.89. The van der Waals surface area contributed by atoms with Crippen LogP contribution in [0.25, 0.3) is 0 Å². The number of methoxy groups -OCH3 is 1. The minimum atomic E-state index is -4.03. The molecule has 0 aliphatic carbocycles. The SMILES string of the molecule is COc1ccc(S(=O)(=O)NC(C#CN(Cc2ccccc2)S(=O)(=O)c2ccc(C)cc2)c2ccccc2)cc1.